The summed E-state index contributed by atoms with van der Waals surface area (Å²) in [5, 5.41) is 4.84. The van der Waals surface area contributed by atoms with Crippen molar-refractivity contribution in [3.05, 3.63) is 59.4 Å². The highest BCUT2D eigenvalue weighted by Crippen LogP contribution is 2.26. The maximum absolute atomic E-state index is 6.09. The molecule has 1 atom stereocenters. The molecular formula is C27H35ClN4. The summed E-state index contributed by atoms with van der Waals surface area (Å²) < 4.78 is 2.34. The van der Waals surface area contributed by atoms with Crippen LogP contribution in [-0.4, -0.2) is 59.5 Å². The summed E-state index contributed by atoms with van der Waals surface area (Å²) in [4.78, 5) is 4.97. The molecule has 1 aromatic heterocycles. The van der Waals surface area contributed by atoms with Crippen LogP contribution in [0.5, 0.6) is 0 Å². The minimum absolute atomic E-state index is 0.112. The van der Waals surface area contributed by atoms with Crippen LogP contribution in [0.15, 0.2) is 48.2 Å². The van der Waals surface area contributed by atoms with Gasteiger partial charge in [-0.1, -0.05) is 30.2 Å². The van der Waals surface area contributed by atoms with Crippen LogP contribution in [0.1, 0.15) is 37.4 Å². The Labute approximate surface area is 197 Å². The van der Waals surface area contributed by atoms with E-state index in [0.717, 1.165) is 36.9 Å². The maximum Gasteiger partial charge on any atom is 0.0931 e. The normalized spacial score (nSPS) is 19.8. The van der Waals surface area contributed by atoms with Crippen LogP contribution >= 0.6 is 11.6 Å². The standard InChI is InChI=1S/C27H35ClN4/c1-4-32-25(8-6-16-29-23-12-10-22(28)11-13-23)19-26-21(7-5-9-27(26)32)20-31-17-14-24(15-18-31)30(2)3/h5,7,9-10,12-13,19,22,24,29H,4,11,14-18,20H2,1-3H3. The average molecular weight is 451 g/mol. The largest absolute Gasteiger partial charge is 0.374 e. The molecule has 1 aliphatic carbocycles. The SMILES string of the molecule is CCn1c(C#CCNC2=CCC(Cl)C=C2)cc2c(CN3CCC(N(C)C)CC3)cccc21. The van der Waals surface area contributed by atoms with Gasteiger partial charge in [0.1, 0.15) is 0 Å². The van der Waals surface area contributed by atoms with Gasteiger partial charge in [0.25, 0.3) is 0 Å². The first-order chi connectivity index (χ1) is 15.5. The third-order valence-corrected chi connectivity index (χ3v) is 7.00. The van der Waals surface area contributed by atoms with Crippen molar-refractivity contribution >= 4 is 22.5 Å². The van der Waals surface area contributed by atoms with E-state index in [-0.39, 0.29) is 5.38 Å². The van der Waals surface area contributed by atoms with E-state index in [4.69, 9.17) is 11.6 Å². The second kappa shape index (κ2) is 10.6. The summed E-state index contributed by atoms with van der Waals surface area (Å²) >= 11 is 6.09. The number of aromatic nitrogens is 1. The lowest BCUT2D eigenvalue weighted by atomic mass is 10.0. The number of nitrogens with one attached hydrogen (secondary N) is 1. The zero-order valence-electron chi connectivity index (χ0n) is 19.6. The van der Waals surface area contributed by atoms with E-state index < -0.39 is 0 Å². The molecule has 1 fully saturated rings. The summed E-state index contributed by atoms with van der Waals surface area (Å²) in [6, 6.07) is 9.71. The van der Waals surface area contributed by atoms with Crippen molar-refractivity contribution in [1.29, 1.82) is 0 Å². The first-order valence-electron chi connectivity index (χ1n) is 11.8. The van der Waals surface area contributed by atoms with E-state index in [1.807, 2.05) is 12.2 Å². The van der Waals surface area contributed by atoms with Crippen LogP contribution in [0, 0.1) is 11.8 Å². The molecule has 170 valence electrons. The molecule has 32 heavy (non-hydrogen) atoms. The van der Waals surface area contributed by atoms with E-state index in [1.54, 1.807) is 0 Å². The molecule has 2 aromatic rings. The molecule has 4 nitrogen and oxygen atoms in total. The molecule has 0 radical (unpaired) electrons. The van der Waals surface area contributed by atoms with Crippen molar-refractivity contribution in [2.75, 3.05) is 33.7 Å². The Morgan fingerprint density at radius 2 is 2.03 bits per heavy atom. The number of benzene rings is 1. The number of hydrogen-bond acceptors (Lipinski definition) is 3. The fraction of sp³-hybridized carbons (Fsp3) is 0.481. The summed E-state index contributed by atoms with van der Waals surface area (Å²) in [5.74, 6) is 6.71. The molecule has 4 rings (SSSR count). The van der Waals surface area contributed by atoms with Crippen molar-refractivity contribution in [3.8, 4) is 11.8 Å². The zero-order valence-corrected chi connectivity index (χ0v) is 20.3. The predicted molar refractivity (Wildman–Crippen MR) is 136 cm³/mol. The van der Waals surface area contributed by atoms with Crippen molar-refractivity contribution in [2.45, 2.75) is 50.7 Å². The Morgan fingerprint density at radius 3 is 2.72 bits per heavy atom. The highest BCUT2D eigenvalue weighted by molar-refractivity contribution is 6.22. The van der Waals surface area contributed by atoms with Crippen LogP contribution in [-0.2, 0) is 13.1 Å². The fourth-order valence-electron chi connectivity index (χ4n) is 4.77. The van der Waals surface area contributed by atoms with Crippen molar-refractivity contribution in [1.82, 2.24) is 19.7 Å². The van der Waals surface area contributed by atoms with Gasteiger partial charge in [0.05, 0.1) is 17.6 Å². The van der Waals surface area contributed by atoms with Crippen LogP contribution in [0.3, 0.4) is 0 Å². The number of likely N-dealkylation sites (tertiary alicyclic amines) is 1. The van der Waals surface area contributed by atoms with Gasteiger partial charge < -0.3 is 14.8 Å². The third kappa shape index (κ3) is 5.41. The Hall–Kier alpha value is -2.19. The predicted octanol–water partition coefficient (Wildman–Crippen LogP) is 4.58. The molecule has 0 spiro atoms. The van der Waals surface area contributed by atoms with Gasteiger partial charge in [0.2, 0.25) is 0 Å². The summed E-state index contributed by atoms with van der Waals surface area (Å²) in [6.07, 6.45) is 9.57. The topological polar surface area (TPSA) is 23.4 Å². The zero-order chi connectivity index (χ0) is 22.5. The number of aryl methyl sites for hydroxylation is 1. The number of nitrogens with zero attached hydrogens (tertiary/aromatic N) is 3. The van der Waals surface area contributed by atoms with Gasteiger partial charge in [-0.2, -0.15) is 0 Å². The summed E-state index contributed by atoms with van der Waals surface area (Å²) in [7, 11) is 4.40. The van der Waals surface area contributed by atoms with Crippen LogP contribution < -0.4 is 5.32 Å². The van der Waals surface area contributed by atoms with E-state index >= 15 is 0 Å². The second-order valence-electron chi connectivity index (χ2n) is 9.02. The van der Waals surface area contributed by atoms with Gasteiger partial charge in [-0.25, -0.2) is 0 Å². The van der Waals surface area contributed by atoms with Crippen molar-refractivity contribution in [3.63, 3.8) is 0 Å². The minimum atomic E-state index is 0.112. The molecule has 1 N–H and O–H groups in total. The fourth-order valence-corrected chi connectivity index (χ4v) is 4.93. The number of hydrogen-bond donors (Lipinski definition) is 1. The van der Waals surface area contributed by atoms with Gasteiger partial charge in [0, 0.05) is 35.7 Å². The number of allylic oxidation sites excluding steroid dienone is 3. The molecule has 1 aromatic carbocycles. The van der Waals surface area contributed by atoms with E-state index in [9.17, 15) is 0 Å². The smallest absolute Gasteiger partial charge is 0.0931 e. The van der Waals surface area contributed by atoms with Crippen LogP contribution in [0.2, 0.25) is 0 Å². The molecule has 5 heteroatoms. The quantitative estimate of drug-likeness (QED) is 0.514. The molecule has 2 heterocycles. The van der Waals surface area contributed by atoms with E-state index in [0.29, 0.717) is 6.54 Å². The monoisotopic (exact) mass is 450 g/mol. The van der Waals surface area contributed by atoms with Crippen LogP contribution in [0.4, 0.5) is 0 Å². The van der Waals surface area contributed by atoms with Gasteiger partial charge in [-0.15, -0.1) is 11.6 Å². The first kappa shape index (κ1) is 23.0. The van der Waals surface area contributed by atoms with E-state index in [2.05, 4.69) is 82.9 Å². The lowest BCUT2D eigenvalue weighted by molar-refractivity contribution is 0.140. The van der Waals surface area contributed by atoms with Gasteiger partial charge in [-0.05, 0) is 83.1 Å². The number of piperidine rings is 1. The molecule has 1 aliphatic heterocycles. The lowest BCUT2D eigenvalue weighted by Crippen LogP contribution is -2.41. The highest BCUT2D eigenvalue weighted by atomic mass is 35.5. The first-order valence-corrected chi connectivity index (χ1v) is 12.2. The maximum atomic E-state index is 6.09. The molecular weight excluding hydrogens is 416 g/mol. The van der Waals surface area contributed by atoms with Crippen molar-refractivity contribution < 1.29 is 0 Å². The number of halogens is 1. The molecule has 1 unspecified atom stereocenters. The van der Waals surface area contributed by atoms with Gasteiger partial charge >= 0.3 is 0 Å². The van der Waals surface area contributed by atoms with Gasteiger partial charge in [0.15, 0.2) is 0 Å². The third-order valence-electron chi connectivity index (χ3n) is 6.68. The molecule has 0 bridgehead atoms. The second-order valence-corrected chi connectivity index (χ2v) is 9.58. The Kier molecular flexibility index (Phi) is 7.63. The Morgan fingerprint density at radius 1 is 1.22 bits per heavy atom. The van der Waals surface area contributed by atoms with Gasteiger partial charge in [-0.3, -0.25) is 4.90 Å². The molecule has 0 amide bonds. The molecule has 1 saturated heterocycles. The number of alkyl halides is 1. The minimum Gasteiger partial charge on any atom is -0.374 e. The number of fused-ring (bicyclic) bond motifs is 1. The number of rotatable bonds is 6. The van der Waals surface area contributed by atoms with Crippen molar-refractivity contribution in [2.24, 2.45) is 0 Å². The molecule has 0 saturated carbocycles. The lowest BCUT2D eigenvalue weighted by Gasteiger charge is -2.35. The highest BCUT2D eigenvalue weighted by Gasteiger charge is 2.21. The Bertz CT molecular complexity index is 1040. The summed E-state index contributed by atoms with van der Waals surface area (Å²) in [5.41, 5.74) is 4.90. The van der Waals surface area contributed by atoms with Crippen LogP contribution in [0.25, 0.3) is 10.9 Å². The molecule has 2 aliphatic rings. The average Bonchev–Trinajstić information content (AvgIpc) is 3.16. The Balaban J connectivity index is 1.46. The van der Waals surface area contributed by atoms with E-state index in [1.165, 1.54) is 42.4 Å². The summed E-state index contributed by atoms with van der Waals surface area (Å²) in [6.45, 7) is 7.09.